The third-order valence-electron chi connectivity index (χ3n) is 5.46. The molecule has 0 spiro atoms. The molecule has 2 aliphatic heterocycles. The minimum Gasteiger partial charge on any atom is -0.454 e. The average Bonchev–Trinajstić information content (AvgIpc) is 3.25. The standard InChI is InChI=1S/C22H22N4O3/c27-22(24-11-15-7-8-19-20(10-15)29-14-28-19)16-4-3-9-26(13-16)21-12-23-17-5-1-2-6-18(17)25-21/h1-2,5-8,10,12,16H,3-4,9,11,13-14H2,(H,24,27)/t16-/m0/s1. The van der Waals surface area contributed by atoms with Crippen LogP contribution in [0.25, 0.3) is 11.0 Å². The van der Waals surface area contributed by atoms with Crippen molar-refractivity contribution in [3.8, 4) is 11.5 Å². The normalized spacial score (nSPS) is 18.1. The fraction of sp³-hybridized carbons (Fsp3) is 0.318. The third kappa shape index (κ3) is 3.68. The summed E-state index contributed by atoms with van der Waals surface area (Å²) in [6, 6.07) is 13.6. The molecule has 7 nitrogen and oxygen atoms in total. The van der Waals surface area contributed by atoms with Gasteiger partial charge in [-0.2, -0.15) is 0 Å². The number of ether oxygens (including phenoxy) is 2. The molecule has 0 radical (unpaired) electrons. The zero-order valence-corrected chi connectivity index (χ0v) is 16.0. The first-order chi connectivity index (χ1) is 14.3. The van der Waals surface area contributed by atoms with Crippen LogP contribution in [0.1, 0.15) is 18.4 Å². The molecule has 29 heavy (non-hydrogen) atoms. The van der Waals surface area contributed by atoms with Crippen LogP contribution in [0.2, 0.25) is 0 Å². The first-order valence-corrected chi connectivity index (χ1v) is 9.89. The van der Waals surface area contributed by atoms with Crippen LogP contribution >= 0.6 is 0 Å². The van der Waals surface area contributed by atoms with Crippen molar-refractivity contribution < 1.29 is 14.3 Å². The molecule has 5 rings (SSSR count). The van der Waals surface area contributed by atoms with E-state index < -0.39 is 0 Å². The number of carbonyl (C=O) groups is 1. The second kappa shape index (κ2) is 7.58. The molecule has 1 aromatic heterocycles. The van der Waals surface area contributed by atoms with Crippen molar-refractivity contribution in [3.05, 3.63) is 54.2 Å². The highest BCUT2D eigenvalue weighted by Gasteiger charge is 2.27. The van der Waals surface area contributed by atoms with Crippen molar-refractivity contribution in [1.29, 1.82) is 0 Å². The molecule has 7 heteroatoms. The number of benzene rings is 2. The Labute approximate surface area is 168 Å². The van der Waals surface area contributed by atoms with E-state index in [0.717, 1.165) is 53.3 Å². The predicted octanol–water partition coefficient (Wildman–Crippen LogP) is 2.89. The number of fused-ring (bicyclic) bond motifs is 2. The fourth-order valence-electron chi connectivity index (χ4n) is 3.88. The van der Waals surface area contributed by atoms with Crippen LogP contribution in [0, 0.1) is 5.92 Å². The first kappa shape index (κ1) is 17.7. The Morgan fingerprint density at radius 1 is 1.14 bits per heavy atom. The highest BCUT2D eigenvalue weighted by molar-refractivity contribution is 5.80. The Morgan fingerprint density at radius 2 is 2.00 bits per heavy atom. The third-order valence-corrected chi connectivity index (χ3v) is 5.46. The van der Waals surface area contributed by atoms with Crippen molar-refractivity contribution in [2.45, 2.75) is 19.4 Å². The average molecular weight is 390 g/mol. The van der Waals surface area contributed by atoms with E-state index in [1.54, 1.807) is 6.20 Å². The molecule has 1 atom stereocenters. The molecule has 0 bridgehead atoms. The topological polar surface area (TPSA) is 76.6 Å². The lowest BCUT2D eigenvalue weighted by Crippen LogP contribution is -2.43. The molecule has 2 aromatic carbocycles. The van der Waals surface area contributed by atoms with Gasteiger partial charge in [-0.1, -0.05) is 18.2 Å². The Morgan fingerprint density at radius 3 is 2.93 bits per heavy atom. The van der Waals surface area contributed by atoms with Crippen molar-refractivity contribution in [2.24, 2.45) is 5.92 Å². The SMILES string of the molecule is O=C(NCc1ccc2c(c1)OCO2)[C@H]1CCCN(c2cnc3ccccc3n2)C1. The van der Waals surface area contributed by atoms with E-state index >= 15 is 0 Å². The number of para-hydroxylation sites is 2. The number of nitrogens with one attached hydrogen (secondary N) is 1. The number of carbonyl (C=O) groups excluding carboxylic acids is 1. The van der Waals surface area contributed by atoms with E-state index in [9.17, 15) is 4.79 Å². The number of aromatic nitrogens is 2. The van der Waals surface area contributed by atoms with Gasteiger partial charge in [-0.15, -0.1) is 0 Å². The summed E-state index contributed by atoms with van der Waals surface area (Å²) >= 11 is 0. The predicted molar refractivity (Wildman–Crippen MR) is 109 cm³/mol. The van der Waals surface area contributed by atoms with Gasteiger partial charge in [-0.3, -0.25) is 9.78 Å². The van der Waals surface area contributed by atoms with Crippen molar-refractivity contribution in [2.75, 3.05) is 24.8 Å². The summed E-state index contributed by atoms with van der Waals surface area (Å²) in [6.45, 7) is 2.27. The van der Waals surface area contributed by atoms with Crippen LogP contribution < -0.4 is 19.7 Å². The van der Waals surface area contributed by atoms with Crippen molar-refractivity contribution in [3.63, 3.8) is 0 Å². The Bertz CT molecular complexity index is 1060. The van der Waals surface area contributed by atoms with Crippen molar-refractivity contribution in [1.82, 2.24) is 15.3 Å². The summed E-state index contributed by atoms with van der Waals surface area (Å²) in [7, 11) is 0. The molecular weight excluding hydrogens is 368 g/mol. The first-order valence-electron chi connectivity index (χ1n) is 9.89. The maximum atomic E-state index is 12.8. The molecule has 1 N–H and O–H groups in total. The Balaban J connectivity index is 1.23. The van der Waals surface area contributed by atoms with Gasteiger partial charge in [0.1, 0.15) is 5.82 Å². The van der Waals surface area contributed by atoms with E-state index in [1.807, 2.05) is 42.5 Å². The molecule has 1 fully saturated rings. The van der Waals surface area contributed by atoms with Crippen molar-refractivity contribution >= 4 is 22.8 Å². The minimum absolute atomic E-state index is 0.0639. The summed E-state index contributed by atoms with van der Waals surface area (Å²) in [6.07, 6.45) is 3.64. The number of anilines is 1. The van der Waals surface area contributed by atoms with Gasteiger partial charge in [-0.05, 0) is 42.7 Å². The largest absolute Gasteiger partial charge is 0.454 e. The summed E-state index contributed by atoms with van der Waals surface area (Å²) in [5, 5.41) is 3.06. The van der Waals surface area contributed by atoms with Gasteiger partial charge < -0.3 is 19.7 Å². The molecule has 3 heterocycles. The summed E-state index contributed by atoms with van der Waals surface area (Å²) < 4.78 is 10.7. The van der Waals surface area contributed by atoms with Gasteiger partial charge in [0.2, 0.25) is 12.7 Å². The second-order valence-electron chi connectivity index (χ2n) is 7.41. The minimum atomic E-state index is -0.0639. The molecular formula is C22H22N4O3. The van der Waals surface area contributed by atoms with Gasteiger partial charge in [0.25, 0.3) is 0 Å². The van der Waals surface area contributed by atoms with Crippen LogP contribution in [-0.2, 0) is 11.3 Å². The lowest BCUT2D eigenvalue weighted by molar-refractivity contribution is -0.125. The number of amides is 1. The number of hydrogen-bond donors (Lipinski definition) is 1. The molecule has 2 aliphatic rings. The molecule has 0 saturated carbocycles. The summed E-state index contributed by atoms with van der Waals surface area (Å²) in [5.41, 5.74) is 2.75. The zero-order valence-electron chi connectivity index (χ0n) is 16.0. The van der Waals surface area contributed by atoms with Gasteiger partial charge in [0.05, 0.1) is 23.1 Å². The van der Waals surface area contributed by atoms with E-state index in [1.165, 1.54) is 0 Å². The number of nitrogens with zero attached hydrogens (tertiary/aromatic N) is 3. The van der Waals surface area contributed by atoms with E-state index in [2.05, 4.69) is 15.2 Å². The van der Waals surface area contributed by atoms with Crippen LogP contribution in [0.4, 0.5) is 5.82 Å². The quantitative estimate of drug-likeness (QED) is 0.738. The second-order valence-corrected chi connectivity index (χ2v) is 7.41. The van der Waals surface area contributed by atoms with E-state index in [4.69, 9.17) is 14.5 Å². The maximum Gasteiger partial charge on any atom is 0.231 e. The lowest BCUT2D eigenvalue weighted by Gasteiger charge is -2.32. The molecule has 0 unspecified atom stereocenters. The summed E-state index contributed by atoms with van der Waals surface area (Å²) in [5.74, 6) is 2.32. The molecule has 1 amide bonds. The van der Waals surface area contributed by atoms with Gasteiger partial charge >= 0.3 is 0 Å². The van der Waals surface area contributed by atoms with Crippen LogP contribution in [0.3, 0.4) is 0 Å². The Hall–Kier alpha value is -3.35. The molecule has 0 aliphatic carbocycles. The van der Waals surface area contributed by atoms with E-state index in [-0.39, 0.29) is 18.6 Å². The number of rotatable bonds is 4. The highest BCUT2D eigenvalue weighted by atomic mass is 16.7. The zero-order chi connectivity index (χ0) is 19.6. The smallest absolute Gasteiger partial charge is 0.231 e. The van der Waals surface area contributed by atoms with Crippen LogP contribution in [0.5, 0.6) is 11.5 Å². The molecule has 148 valence electrons. The van der Waals surface area contributed by atoms with Gasteiger partial charge in [0.15, 0.2) is 11.5 Å². The highest BCUT2D eigenvalue weighted by Crippen LogP contribution is 2.32. The molecule has 1 saturated heterocycles. The molecule has 3 aromatic rings. The van der Waals surface area contributed by atoms with Crippen LogP contribution in [0.15, 0.2) is 48.7 Å². The number of piperidine rings is 1. The Kier molecular flexibility index (Phi) is 4.63. The fourth-order valence-corrected chi connectivity index (χ4v) is 3.88. The number of hydrogen-bond acceptors (Lipinski definition) is 6. The maximum absolute atomic E-state index is 12.8. The van der Waals surface area contributed by atoms with Gasteiger partial charge in [-0.25, -0.2) is 4.98 Å². The monoisotopic (exact) mass is 390 g/mol. The van der Waals surface area contributed by atoms with E-state index in [0.29, 0.717) is 13.1 Å². The summed E-state index contributed by atoms with van der Waals surface area (Å²) in [4.78, 5) is 24.2. The van der Waals surface area contributed by atoms with Gasteiger partial charge in [0, 0.05) is 19.6 Å². The van der Waals surface area contributed by atoms with Crippen LogP contribution in [-0.4, -0.2) is 35.8 Å². The lowest BCUT2D eigenvalue weighted by atomic mass is 9.97.